The second kappa shape index (κ2) is 6.59. The van der Waals surface area contributed by atoms with Gasteiger partial charge in [-0.05, 0) is 31.2 Å². The normalized spacial score (nSPS) is 19.2. The molecule has 0 saturated carbocycles. The lowest BCUT2D eigenvalue weighted by Gasteiger charge is -2.19. The fraction of sp³-hybridized carbons (Fsp3) is 0.643. The number of aromatic nitrogens is 1. The van der Waals surface area contributed by atoms with Crippen molar-refractivity contribution < 1.29 is 5.11 Å². The van der Waals surface area contributed by atoms with Crippen molar-refractivity contribution in [1.82, 2.24) is 4.98 Å². The van der Waals surface area contributed by atoms with Crippen LogP contribution >= 0.6 is 0 Å². The number of rotatable bonds is 6. The molecule has 4 nitrogen and oxygen atoms in total. The summed E-state index contributed by atoms with van der Waals surface area (Å²) in [6, 6.07) is 2.17. The van der Waals surface area contributed by atoms with E-state index in [1.165, 1.54) is 12.1 Å². The Morgan fingerprint density at radius 2 is 2.39 bits per heavy atom. The standard InChI is InChI=1S/C14H23N3O/c1-2-5-16-13-8-14(10-15-9-13)17-6-3-12(11-17)4-7-18/h8-10,12,16,18H,2-7,11H2,1H3. The minimum atomic E-state index is 0.300. The third kappa shape index (κ3) is 3.35. The van der Waals surface area contributed by atoms with Crippen molar-refractivity contribution in [2.24, 2.45) is 5.92 Å². The highest BCUT2D eigenvalue weighted by atomic mass is 16.3. The maximum Gasteiger partial charge on any atom is 0.0573 e. The Labute approximate surface area is 109 Å². The first-order valence-corrected chi connectivity index (χ1v) is 6.88. The van der Waals surface area contributed by atoms with Gasteiger partial charge >= 0.3 is 0 Å². The molecule has 0 bridgehead atoms. The molecule has 1 aliphatic rings. The van der Waals surface area contributed by atoms with Gasteiger partial charge in [-0.15, -0.1) is 0 Å². The first kappa shape index (κ1) is 13.1. The van der Waals surface area contributed by atoms with Crippen molar-refractivity contribution in [2.75, 3.05) is 36.5 Å². The van der Waals surface area contributed by atoms with E-state index in [2.05, 4.69) is 28.2 Å². The van der Waals surface area contributed by atoms with Crippen molar-refractivity contribution >= 4 is 11.4 Å². The van der Waals surface area contributed by atoms with E-state index in [4.69, 9.17) is 5.11 Å². The second-order valence-electron chi connectivity index (χ2n) is 4.97. The van der Waals surface area contributed by atoms with Crippen LogP contribution < -0.4 is 10.2 Å². The minimum absolute atomic E-state index is 0.300. The van der Waals surface area contributed by atoms with Gasteiger partial charge in [0, 0.05) is 26.2 Å². The van der Waals surface area contributed by atoms with Gasteiger partial charge in [-0.1, -0.05) is 6.92 Å². The Morgan fingerprint density at radius 1 is 1.50 bits per heavy atom. The van der Waals surface area contributed by atoms with Crippen molar-refractivity contribution in [1.29, 1.82) is 0 Å². The monoisotopic (exact) mass is 249 g/mol. The van der Waals surface area contributed by atoms with Crippen molar-refractivity contribution in [3.8, 4) is 0 Å². The number of aliphatic hydroxyl groups is 1. The molecule has 1 aromatic heterocycles. The number of pyridine rings is 1. The molecule has 0 radical (unpaired) electrons. The Kier molecular flexibility index (Phi) is 4.81. The summed E-state index contributed by atoms with van der Waals surface area (Å²) in [5, 5.41) is 12.3. The first-order valence-electron chi connectivity index (χ1n) is 6.88. The van der Waals surface area contributed by atoms with Gasteiger partial charge in [0.25, 0.3) is 0 Å². The smallest absolute Gasteiger partial charge is 0.0573 e. The SMILES string of the molecule is CCCNc1cncc(N2CCC(CCO)C2)c1. The number of hydrogen-bond acceptors (Lipinski definition) is 4. The molecule has 1 saturated heterocycles. The van der Waals surface area contributed by atoms with Gasteiger partial charge in [-0.2, -0.15) is 0 Å². The number of anilines is 2. The maximum atomic E-state index is 8.98. The zero-order chi connectivity index (χ0) is 12.8. The number of hydrogen-bond donors (Lipinski definition) is 2. The van der Waals surface area contributed by atoms with Gasteiger partial charge < -0.3 is 15.3 Å². The topological polar surface area (TPSA) is 48.4 Å². The predicted octanol–water partition coefficient (Wildman–Crippen LogP) is 2.11. The largest absolute Gasteiger partial charge is 0.396 e. The third-order valence-corrected chi connectivity index (χ3v) is 3.49. The molecule has 4 heteroatoms. The van der Waals surface area contributed by atoms with Gasteiger partial charge in [0.1, 0.15) is 0 Å². The molecule has 0 aromatic carbocycles. The summed E-state index contributed by atoms with van der Waals surface area (Å²) in [6.07, 6.45) is 7.01. The fourth-order valence-electron chi connectivity index (χ4n) is 2.45. The van der Waals surface area contributed by atoms with E-state index in [0.717, 1.165) is 38.2 Å². The lowest BCUT2D eigenvalue weighted by atomic mass is 10.1. The lowest BCUT2D eigenvalue weighted by Crippen LogP contribution is -2.20. The number of nitrogens with zero attached hydrogens (tertiary/aromatic N) is 2. The van der Waals surface area contributed by atoms with Gasteiger partial charge in [-0.25, -0.2) is 0 Å². The van der Waals surface area contributed by atoms with E-state index >= 15 is 0 Å². The molecule has 1 atom stereocenters. The zero-order valence-corrected chi connectivity index (χ0v) is 11.1. The van der Waals surface area contributed by atoms with Crippen LogP contribution in [-0.2, 0) is 0 Å². The Hall–Kier alpha value is -1.29. The van der Waals surface area contributed by atoms with Gasteiger partial charge in [-0.3, -0.25) is 4.98 Å². The highest BCUT2D eigenvalue weighted by molar-refractivity contribution is 5.56. The van der Waals surface area contributed by atoms with Crippen LogP contribution in [-0.4, -0.2) is 36.3 Å². The molecule has 2 N–H and O–H groups in total. The summed E-state index contributed by atoms with van der Waals surface area (Å²) in [5.74, 6) is 0.627. The Balaban J connectivity index is 1.96. The minimum Gasteiger partial charge on any atom is -0.396 e. The summed E-state index contributed by atoms with van der Waals surface area (Å²) >= 11 is 0. The van der Waals surface area contributed by atoms with Crippen molar-refractivity contribution in [3.63, 3.8) is 0 Å². The van der Waals surface area contributed by atoms with E-state index in [1.54, 1.807) is 0 Å². The summed E-state index contributed by atoms with van der Waals surface area (Å²) in [7, 11) is 0. The van der Waals surface area contributed by atoms with Crippen LogP contribution in [0.4, 0.5) is 11.4 Å². The first-order chi connectivity index (χ1) is 8.83. The van der Waals surface area contributed by atoms with E-state index < -0.39 is 0 Å². The van der Waals surface area contributed by atoms with Crippen LogP contribution in [0, 0.1) is 5.92 Å². The Morgan fingerprint density at radius 3 is 3.17 bits per heavy atom. The molecule has 1 unspecified atom stereocenters. The fourth-order valence-corrected chi connectivity index (χ4v) is 2.45. The molecule has 0 spiro atoms. The third-order valence-electron chi connectivity index (χ3n) is 3.49. The molecular weight excluding hydrogens is 226 g/mol. The molecule has 1 fully saturated rings. The summed E-state index contributed by atoms with van der Waals surface area (Å²) in [6.45, 7) is 5.56. The Bertz CT molecular complexity index is 370. The average Bonchev–Trinajstić information content (AvgIpc) is 2.86. The molecular formula is C14H23N3O. The molecule has 0 aliphatic carbocycles. The van der Waals surface area contributed by atoms with Crippen LogP contribution in [0.1, 0.15) is 26.2 Å². The van der Waals surface area contributed by atoms with E-state index in [-0.39, 0.29) is 0 Å². The molecule has 18 heavy (non-hydrogen) atoms. The zero-order valence-electron chi connectivity index (χ0n) is 11.1. The molecule has 0 amide bonds. The number of nitrogens with one attached hydrogen (secondary N) is 1. The van der Waals surface area contributed by atoms with Crippen molar-refractivity contribution in [2.45, 2.75) is 26.2 Å². The average molecular weight is 249 g/mol. The van der Waals surface area contributed by atoms with E-state index in [9.17, 15) is 0 Å². The van der Waals surface area contributed by atoms with Crippen LogP contribution in [0.15, 0.2) is 18.5 Å². The van der Waals surface area contributed by atoms with Crippen LogP contribution in [0.25, 0.3) is 0 Å². The van der Waals surface area contributed by atoms with E-state index in [1.807, 2.05) is 12.4 Å². The number of aliphatic hydroxyl groups excluding tert-OH is 1. The quantitative estimate of drug-likeness (QED) is 0.810. The van der Waals surface area contributed by atoms with Gasteiger partial charge in [0.2, 0.25) is 0 Å². The van der Waals surface area contributed by atoms with Gasteiger partial charge in [0.05, 0.1) is 23.8 Å². The molecule has 1 aromatic rings. The highest BCUT2D eigenvalue weighted by Gasteiger charge is 2.22. The summed E-state index contributed by atoms with van der Waals surface area (Å²) in [5.41, 5.74) is 2.29. The van der Waals surface area contributed by atoms with Crippen LogP contribution in [0.3, 0.4) is 0 Å². The lowest BCUT2D eigenvalue weighted by molar-refractivity contribution is 0.263. The van der Waals surface area contributed by atoms with Crippen molar-refractivity contribution in [3.05, 3.63) is 18.5 Å². The maximum absolute atomic E-state index is 8.98. The molecule has 2 heterocycles. The highest BCUT2D eigenvalue weighted by Crippen LogP contribution is 2.26. The van der Waals surface area contributed by atoms with E-state index in [0.29, 0.717) is 12.5 Å². The van der Waals surface area contributed by atoms with Crippen LogP contribution in [0.5, 0.6) is 0 Å². The van der Waals surface area contributed by atoms with Crippen LogP contribution in [0.2, 0.25) is 0 Å². The summed E-state index contributed by atoms with van der Waals surface area (Å²) < 4.78 is 0. The molecule has 2 rings (SSSR count). The summed E-state index contributed by atoms with van der Waals surface area (Å²) in [4.78, 5) is 6.67. The predicted molar refractivity (Wildman–Crippen MR) is 75.0 cm³/mol. The van der Waals surface area contributed by atoms with Gasteiger partial charge in [0.15, 0.2) is 0 Å². The molecule has 100 valence electrons. The second-order valence-corrected chi connectivity index (χ2v) is 4.97. The molecule has 1 aliphatic heterocycles.